The molecule has 1 spiro atoms. The van der Waals surface area contributed by atoms with Crippen molar-refractivity contribution in [1.29, 1.82) is 0 Å². The molecule has 0 saturated carbocycles. The number of allylic oxidation sites excluding steroid dienone is 5. The Morgan fingerprint density at radius 1 is 1.39 bits per heavy atom. The number of esters is 2. The number of ether oxygens (including phenoxy) is 3. The number of carbonyl (C=O) groups excluding carboxylic acids is 2. The summed E-state index contributed by atoms with van der Waals surface area (Å²) in [6, 6.07) is 0. The van der Waals surface area contributed by atoms with E-state index in [1.54, 1.807) is 18.2 Å². The summed E-state index contributed by atoms with van der Waals surface area (Å²) in [6.07, 6.45) is 8.12. The van der Waals surface area contributed by atoms with E-state index in [2.05, 4.69) is 0 Å². The van der Waals surface area contributed by atoms with Crippen molar-refractivity contribution in [3.8, 4) is 0 Å². The lowest BCUT2D eigenvalue weighted by atomic mass is 9.64. The number of rotatable bonds is 3. The smallest absolute Gasteiger partial charge is 0.321 e. The first-order valence-corrected chi connectivity index (χ1v) is 7.60. The minimum atomic E-state index is -1.42. The molecule has 0 radical (unpaired) electrons. The van der Waals surface area contributed by atoms with Crippen molar-refractivity contribution in [1.82, 2.24) is 0 Å². The maximum absolute atomic E-state index is 12.6. The van der Waals surface area contributed by atoms with Gasteiger partial charge in [-0.25, -0.2) is 0 Å². The molecule has 2 saturated heterocycles. The average Bonchev–Trinajstić information content (AvgIpc) is 2.81. The molecule has 6 atom stereocenters. The molecule has 2 aliphatic heterocycles. The first-order chi connectivity index (χ1) is 10.9. The molecule has 0 amide bonds. The van der Waals surface area contributed by atoms with E-state index in [1.807, 2.05) is 25.2 Å². The van der Waals surface area contributed by atoms with Crippen molar-refractivity contribution >= 4 is 11.9 Å². The van der Waals surface area contributed by atoms with E-state index in [4.69, 9.17) is 14.2 Å². The zero-order valence-electron chi connectivity index (χ0n) is 13.3. The van der Waals surface area contributed by atoms with Gasteiger partial charge in [0.2, 0.25) is 5.79 Å². The second kappa shape index (κ2) is 5.32. The highest BCUT2D eigenvalue weighted by Gasteiger charge is 2.78. The molecule has 3 rings (SSSR count). The fourth-order valence-electron chi connectivity index (χ4n) is 3.73. The van der Waals surface area contributed by atoms with Crippen LogP contribution in [0, 0.1) is 11.3 Å². The van der Waals surface area contributed by atoms with E-state index < -0.39 is 47.4 Å². The molecule has 6 nitrogen and oxygen atoms in total. The van der Waals surface area contributed by atoms with E-state index in [0.717, 1.165) is 0 Å². The van der Waals surface area contributed by atoms with E-state index >= 15 is 0 Å². The number of carbonyl (C=O) groups is 2. The summed E-state index contributed by atoms with van der Waals surface area (Å²) < 4.78 is 16.3. The minimum absolute atomic E-state index is 0.415. The van der Waals surface area contributed by atoms with Gasteiger partial charge in [0.1, 0.15) is 23.7 Å². The number of aliphatic hydroxyl groups excluding tert-OH is 1. The molecule has 3 aliphatic rings. The van der Waals surface area contributed by atoms with Crippen LogP contribution in [-0.4, -0.2) is 41.1 Å². The largest absolute Gasteiger partial charge is 0.455 e. The SMILES string of the molecule is CC=CC=CC1C=CC(OC(C)=O)C2OC3(C)OC(=O)C12C3O. The third kappa shape index (κ3) is 2.09. The lowest BCUT2D eigenvalue weighted by molar-refractivity contribution is -0.255. The highest BCUT2D eigenvalue weighted by molar-refractivity contribution is 5.84. The number of hydrogen-bond acceptors (Lipinski definition) is 6. The van der Waals surface area contributed by atoms with Gasteiger partial charge in [0.15, 0.2) is 0 Å². The van der Waals surface area contributed by atoms with Gasteiger partial charge in [0.05, 0.1) is 0 Å². The average molecular weight is 320 g/mol. The number of hydrogen-bond donors (Lipinski definition) is 1. The van der Waals surface area contributed by atoms with Gasteiger partial charge in [-0.3, -0.25) is 9.59 Å². The molecule has 23 heavy (non-hydrogen) atoms. The molecule has 6 heteroatoms. The highest BCUT2D eigenvalue weighted by atomic mass is 16.8. The fraction of sp³-hybridized carbons (Fsp3) is 0.529. The second-order valence-corrected chi connectivity index (χ2v) is 6.17. The molecular formula is C17H20O6. The van der Waals surface area contributed by atoms with Crippen molar-refractivity contribution < 1.29 is 28.9 Å². The van der Waals surface area contributed by atoms with Crippen LogP contribution < -0.4 is 0 Å². The summed E-state index contributed by atoms with van der Waals surface area (Å²) in [7, 11) is 0. The second-order valence-electron chi connectivity index (χ2n) is 6.17. The van der Waals surface area contributed by atoms with Gasteiger partial charge in [-0.2, -0.15) is 0 Å². The first-order valence-electron chi connectivity index (χ1n) is 7.60. The third-order valence-electron chi connectivity index (χ3n) is 4.71. The zero-order valence-corrected chi connectivity index (χ0v) is 13.3. The molecule has 0 aromatic carbocycles. The Labute approximate surface area is 134 Å². The Hall–Kier alpha value is -1.92. The quantitative estimate of drug-likeness (QED) is 0.479. The van der Waals surface area contributed by atoms with Crippen molar-refractivity contribution in [2.75, 3.05) is 0 Å². The highest BCUT2D eigenvalue weighted by Crippen LogP contribution is 2.60. The topological polar surface area (TPSA) is 82.1 Å². The fourth-order valence-corrected chi connectivity index (χ4v) is 3.73. The Morgan fingerprint density at radius 3 is 2.74 bits per heavy atom. The lowest BCUT2D eigenvalue weighted by Crippen LogP contribution is -2.56. The van der Waals surface area contributed by atoms with Crippen molar-refractivity contribution in [3.63, 3.8) is 0 Å². The van der Waals surface area contributed by atoms with E-state index in [0.29, 0.717) is 0 Å². The zero-order chi connectivity index (χ0) is 16.8. The minimum Gasteiger partial charge on any atom is -0.455 e. The summed E-state index contributed by atoms with van der Waals surface area (Å²) in [5.74, 6) is -2.83. The van der Waals surface area contributed by atoms with E-state index in [9.17, 15) is 14.7 Å². The number of aliphatic hydroxyl groups is 1. The predicted molar refractivity (Wildman–Crippen MR) is 79.9 cm³/mol. The Balaban J connectivity index is 2.06. The van der Waals surface area contributed by atoms with Crippen LogP contribution in [-0.2, 0) is 23.8 Å². The molecule has 0 aromatic heterocycles. The third-order valence-corrected chi connectivity index (χ3v) is 4.71. The van der Waals surface area contributed by atoms with Crippen LogP contribution in [0.15, 0.2) is 36.5 Å². The summed E-state index contributed by atoms with van der Waals surface area (Å²) >= 11 is 0. The van der Waals surface area contributed by atoms with Gasteiger partial charge >= 0.3 is 11.9 Å². The Kier molecular flexibility index (Phi) is 3.69. The molecule has 0 aromatic rings. The van der Waals surface area contributed by atoms with Crippen molar-refractivity contribution in [2.45, 2.75) is 44.9 Å². The Bertz CT molecular complexity index is 621. The molecular weight excluding hydrogens is 300 g/mol. The van der Waals surface area contributed by atoms with Crippen LogP contribution in [0.2, 0.25) is 0 Å². The molecule has 2 fully saturated rings. The molecule has 1 aliphatic carbocycles. The number of fused-ring (bicyclic) bond motifs is 1. The molecule has 2 bridgehead atoms. The van der Waals surface area contributed by atoms with Gasteiger partial charge in [-0.15, -0.1) is 0 Å². The van der Waals surface area contributed by atoms with Crippen molar-refractivity contribution in [3.05, 3.63) is 36.5 Å². The van der Waals surface area contributed by atoms with Crippen LogP contribution in [0.5, 0.6) is 0 Å². The van der Waals surface area contributed by atoms with Gasteiger partial charge in [-0.05, 0) is 13.0 Å². The predicted octanol–water partition coefficient (Wildman–Crippen LogP) is 1.26. The van der Waals surface area contributed by atoms with Gasteiger partial charge in [0, 0.05) is 19.8 Å². The van der Waals surface area contributed by atoms with Crippen LogP contribution >= 0.6 is 0 Å². The monoisotopic (exact) mass is 320 g/mol. The Morgan fingerprint density at radius 2 is 2.13 bits per heavy atom. The maximum atomic E-state index is 12.6. The normalized spacial score (nSPS) is 44.8. The van der Waals surface area contributed by atoms with E-state index in [-0.39, 0.29) is 0 Å². The summed E-state index contributed by atoms with van der Waals surface area (Å²) in [5, 5.41) is 10.7. The van der Waals surface area contributed by atoms with E-state index in [1.165, 1.54) is 13.8 Å². The molecule has 124 valence electrons. The lowest BCUT2D eigenvalue weighted by Gasteiger charge is -2.41. The van der Waals surface area contributed by atoms with Crippen molar-refractivity contribution in [2.24, 2.45) is 11.3 Å². The van der Waals surface area contributed by atoms with Crippen LogP contribution in [0.3, 0.4) is 0 Å². The van der Waals surface area contributed by atoms with Gasteiger partial charge in [0.25, 0.3) is 0 Å². The summed E-state index contributed by atoms with van der Waals surface area (Å²) in [5.41, 5.74) is -1.30. The summed E-state index contributed by atoms with van der Waals surface area (Å²) in [4.78, 5) is 23.9. The van der Waals surface area contributed by atoms with Crippen LogP contribution in [0.4, 0.5) is 0 Å². The molecule has 2 heterocycles. The van der Waals surface area contributed by atoms with Crippen LogP contribution in [0.1, 0.15) is 20.8 Å². The van der Waals surface area contributed by atoms with Crippen LogP contribution in [0.25, 0.3) is 0 Å². The van der Waals surface area contributed by atoms with Gasteiger partial charge in [-0.1, -0.05) is 30.4 Å². The summed E-state index contributed by atoms with van der Waals surface area (Å²) in [6.45, 7) is 4.70. The molecule has 1 N–H and O–H groups in total. The maximum Gasteiger partial charge on any atom is 0.321 e. The molecule has 6 unspecified atom stereocenters. The standard InChI is InChI=1S/C17H20O6/c1-4-5-6-7-11-8-9-12(21-10(2)18)13-17(11)14(19)16(3,22-13)23-15(17)20/h4-9,11-14,19H,1-3H3. The van der Waals surface area contributed by atoms with Gasteiger partial charge < -0.3 is 19.3 Å². The first kappa shape index (κ1) is 16.0.